The van der Waals surface area contributed by atoms with Crippen LogP contribution in [0.4, 0.5) is 4.79 Å². The second kappa shape index (κ2) is 9.85. The monoisotopic (exact) mass is 415 g/mol. The summed E-state index contributed by atoms with van der Waals surface area (Å²) in [5.41, 5.74) is -1.11. The normalized spacial score (nSPS) is 19.3. The molecule has 1 aliphatic rings. The van der Waals surface area contributed by atoms with Gasteiger partial charge in [0.1, 0.15) is 11.6 Å². The number of hydrogen-bond acceptors (Lipinski definition) is 5. The third-order valence-electron chi connectivity index (χ3n) is 4.08. The van der Waals surface area contributed by atoms with Gasteiger partial charge in [-0.15, -0.1) is 11.8 Å². The smallest absolute Gasteiger partial charge is 0.408 e. The lowest BCUT2D eigenvalue weighted by Crippen LogP contribution is -2.56. The Morgan fingerprint density at radius 1 is 1.18 bits per heavy atom. The number of ether oxygens (including phenoxy) is 1. The maximum absolute atomic E-state index is 13.0. The van der Waals surface area contributed by atoms with Crippen LogP contribution in [-0.2, 0) is 14.3 Å². The standard InChI is InChI=1S/C20H37N3O4S/c1-12(2)9-13(11-28-15-10-14(24)22-15)21-17(25)16(19(3,4)5)23-18(26)27-20(6,7)8/h12-13,15-16H,9-11H2,1-8H3,(H,21,25)(H,22,24)(H,23,26)/t13-,15?,16+/m0/s1. The predicted octanol–water partition coefficient (Wildman–Crippen LogP) is 3.04. The van der Waals surface area contributed by atoms with Crippen molar-refractivity contribution in [1.82, 2.24) is 16.0 Å². The van der Waals surface area contributed by atoms with E-state index in [1.165, 1.54) is 0 Å². The zero-order chi connectivity index (χ0) is 21.7. The molecule has 28 heavy (non-hydrogen) atoms. The van der Waals surface area contributed by atoms with Crippen LogP contribution in [0.15, 0.2) is 0 Å². The van der Waals surface area contributed by atoms with Crippen molar-refractivity contribution in [2.75, 3.05) is 5.75 Å². The van der Waals surface area contributed by atoms with Gasteiger partial charge in [-0.2, -0.15) is 0 Å². The fraction of sp³-hybridized carbons (Fsp3) is 0.850. The van der Waals surface area contributed by atoms with Gasteiger partial charge >= 0.3 is 6.09 Å². The summed E-state index contributed by atoms with van der Waals surface area (Å²) in [4.78, 5) is 36.3. The number of thioether (sulfide) groups is 1. The van der Waals surface area contributed by atoms with Crippen LogP contribution in [0.2, 0.25) is 0 Å². The van der Waals surface area contributed by atoms with Crippen LogP contribution < -0.4 is 16.0 Å². The molecule has 8 heteroatoms. The van der Waals surface area contributed by atoms with Gasteiger partial charge in [0.25, 0.3) is 0 Å². The molecule has 3 amide bonds. The van der Waals surface area contributed by atoms with E-state index in [0.29, 0.717) is 18.1 Å². The molecule has 0 saturated carbocycles. The third kappa shape index (κ3) is 9.17. The molecule has 1 saturated heterocycles. The molecule has 0 spiro atoms. The van der Waals surface area contributed by atoms with Crippen LogP contribution in [0.5, 0.6) is 0 Å². The summed E-state index contributed by atoms with van der Waals surface area (Å²) in [5, 5.41) is 8.78. The average molecular weight is 416 g/mol. The van der Waals surface area contributed by atoms with Crippen molar-refractivity contribution < 1.29 is 19.1 Å². The minimum absolute atomic E-state index is 0.0414. The number of nitrogens with one attached hydrogen (secondary N) is 3. The van der Waals surface area contributed by atoms with Gasteiger partial charge in [0.2, 0.25) is 11.8 Å². The molecular formula is C20H37N3O4S. The molecule has 3 atom stereocenters. The van der Waals surface area contributed by atoms with E-state index in [0.717, 1.165) is 6.42 Å². The summed E-state index contributed by atoms with van der Waals surface area (Å²) in [5.74, 6) is 0.963. The van der Waals surface area contributed by atoms with Gasteiger partial charge in [0.05, 0.1) is 11.8 Å². The van der Waals surface area contributed by atoms with Crippen LogP contribution in [0, 0.1) is 11.3 Å². The maximum Gasteiger partial charge on any atom is 0.408 e. The molecule has 162 valence electrons. The van der Waals surface area contributed by atoms with Crippen LogP contribution in [0.3, 0.4) is 0 Å². The first kappa shape index (κ1) is 24.6. The molecule has 0 aromatic rings. The summed E-state index contributed by atoms with van der Waals surface area (Å²) < 4.78 is 5.32. The molecule has 0 aliphatic carbocycles. The summed E-state index contributed by atoms with van der Waals surface area (Å²) in [7, 11) is 0. The van der Waals surface area contributed by atoms with Crippen molar-refractivity contribution in [2.45, 2.75) is 91.3 Å². The van der Waals surface area contributed by atoms with Gasteiger partial charge < -0.3 is 20.7 Å². The molecule has 1 unspecified atom stereocenters. The largest absolute Gasteiger partial charge is 0.444 e. The number of rotatable bonds is 8. The Labute approximate surface area is 173 Å². The zero-order valence-corrected chi connectivity index (χ0v) is 19.3. The van der Waals surface area contributed by atoms with E-state index in [1.807, 2.05) is 20.8 Å². The molecular weight excluding hydrogens is 378 g/mol. The molecule has 0 radical (unpaired) electrons. The summed E-state index contributed by atoms with van der Waals surface area (Å²) in [6.45, 7) is 15.3. The maximum atomic E-state index is 13.0. The Morgan fingerprint density at radius 2 is 1.75 bits per heavy atom. The molecule has 3 N–H and O–H groups in total. The van der Waals surface area contributed by atoms with E-state index in [9.17, 15) is 14.4 Å². The molecule has 7 nitrogen and oxygen atoms in total. The Kier molecular flexibility index (Phi) is 8.65. The molecule has 1 aliphatic heterocycles. The van der Waals surface area contributed by atoms with Crippen molar-refractivity contribution >= 4 is 29.7 Å². The highest BCUT2D eigenvalue weighted by Gasteiger charge is 2.35. The van der Waals surface area contributed by atoms with E-state index < -0.39 is 23.2 Å². The van der Waals surface area contributed by atoms with Gasteiger partial charge in [0, 0.05) is 11.8 Å². The van der Waals surface area contributed by atoms with Crippen LogP contribution in [-0.4, -0.2) is 46.7 Å². The second-order valence-corrected chi connectivity index (χ2v) is 11.1. The Balaban J connectivity index is 2.74. The summed E-state index contributed by atoms with van der Waals surface area (Å²) in [6.07, 6.45) is 0.745. The van der Waals surface area contributed by atoms with Crippen molar-refractivity contribution in [3.8, 4) is 0 Å². The highest BCUT2D eigenvalue weighted by molar-refractivity contribution is 8.00. The van der Waals surface area contributed by atoms with Crippen LogP contribution in [0.1, 0.15) is 68.2 Å². The van der Waals surface area contributed by atoms with E-state index >= 15 is 0 Å². The number of β-lactam (4-membered cyclic amide) rings is 1. The van der Waals surface area contributed by atoms with Crippen molar-refractivity contribution in [1.29, 1.82) is 0 Å². The first-order valence-corrected chi connectivity index (χ1v) is 10.9. The van der Waals surface area contributed by atoms with Crippen molar-refractivity contribution in [2.24, 2.45) is 11.3 Å². The van der Waals surface area contributed by atoms with Gasteiger partial charge in [-0.25, -0.2) is 4.79 Å². The lowest BCUT2D eigenvalue weighted by molar-refractivity contribution is -0.127. The van der Waals surface area contributed by atoms with Gasteiger partial charge in [-0.05, 0) is 38.5 Å². The van der Waals surface area contributed by atoms with E-state index in [1.54, 1.807) is 32.5 Å². The number of hydrogen-bond donors (Lipinski definition) is 3. The summed E-state index contributed by atoms with van der Waals surface area (Å²) in [6, 6.07) is -0.759. The highest BCUT2D eigenvalue weighted by atomic mass is 32.2. The van der Waals surface area contributed by atoms with Gasteiger partial charge in [0.15, 0.2) is 0 Å². The van der Waals surface area contributed by atoms with Crippen molar-refractivity contribution in [3.05, 3.63) is 0 Å². The Hall–Kier alpha value is -1.44. The van der Waals surface area contributed by atoms with Gasteiger partial charge in [-0.3, -0.25) is 9.59 Å². The molecule has 1 rings (SSSR count). The summed E-state index contributed by atoms with van der Waals surface area (Å²) >= 11 is 1.64. The van der Waals surface area contributed by atoms with Crippen LogP contribution >= 0.6 is 11.8 Å². The number of amides is 3. The second-order valence-electron chi connectivity index (χ2n) is 9.87. The molecule has 0 bridgehead atoms. The average Bonchev–Trinajstić information content (AvgIpc) is 2.44. The third-order valence-corrected chi connectivity index (χ3v) is 5.36. The first-order valence-electron chi connectivity index (χ1n) is 9.88. The number of alkyl carbamates (subject to hydrolysis) is 1. The topological polar surface area (TPSA) is 96.5 Å². The minimum atomic E-state index is -0.717. The van der Waals surface area contributed by atoms with E-state index in [2.05, 4.69) is 29.8 Å². The molecule has 0 aromatic heterocycles. The SMILES string of the molecule is CC(C)C[C@@H](CSC1CC(=O)N1)NC(=O)[C@@H](NC(=O)OC(C)(C)C)C(C)(C)C. The Morgan fingerprint density at radius 3 is 2.18 bits per heavy atom. The van der Waals surface area contributed by atoms with Gasteiger partial charge in [-0.1, -0.05) is 34.6 Å². The fourth-order valence-electron chi connectivity index (χ4n) is 2.78. The minimum Gasteiger partial charge on any atom is -0.444 e. The highest BCUT2D eigenvalue weighted by Crippen LogP contribution is 2.23. The molecule has 0 aromatic carbocycles. The lowest BCUT2D eigenvalue weighted by atomic mass is 9.86. The molecule has 1 heterocycles. The zero-order valence-electron chi connectivity index (χ0n) is 18.5. The lowest BCUT2D eigenvalue weighted by Gasteiger charge is -2.33. The van der Waals surface area contributed by atoms with Crippen molar-refractivity contribution in [3.63, 3.8) is 0 Å². The van der Waals surface area contributed by atoms with Crippen LogP contribution in [0.25, 0.3) is 0 Å². The number of carbonyl (C=O) groups is 3. The Bertz CT molecular complexity index is 559. The number of carbonyl (C=O) groups excluding carboxylic acids is 3. The van der Waals surface area contributed by atoms with E-state index in [-0.39, 0.29) is 23.2 Å². The fourth-order valence-corrected chi connectivity index (χ4v) is 3.95. The predicted molar refractivity (Wildman–Crippen MR) is 113 cm³/mol. The van der Waals surface area contributed by atoms with E-state index in [4.69, 9.17) is 4.74 Å². The molecule has 1 fully saturated rings. The first-order chi connectivity index (χ1) is 12.7. The quantitative estimate of drug-likeness (QED) is 0.530.